The molecule has 1 amide bonds. The first kappa shape index (κ1) is 28.2. The minimum Gasteiger partial charge on any atom is -0.507 e. The van der Waals surface area contributed by atoms with Gasteiger partial charge < -0.3 is 24.6 Å². The van der Waals surface area contributed by atoms with E-state index in [1.807, 2.05) is 43.3 Å². The number of nitrogens with zero attached hydrogens (tertiary/aromatic N) is 2. The topological polar surface area (TPSA) is 103 Å². The summed E-state index contributed by atoms with van der Waals surface area (Å²) in [4.78, 5) is 45.6. The van der Waals surface area contributed by atoms with Crippen molar-refractivity contribution in [1.82, 2.24) is 14.8 Å². The van der Waals surface area contributed by atoms with Crippen LogP contribution in [-0.4, -0.2) is 71.3 Å². The molecule has 1 aliphatic heterocycles. The zero-order valence-corrected chi connectivity index (χ0v) is 23.2. The summed E-state index contributed by atoms with van der Waals surface area (Å²) in [5.41, 5.74) is 3.37. The van der Waals surface area contributed by atoms with E-state index in [-0.39, 0.29) is 29.0 Å². The molecule has 2 N–H and O–H groups in total. The molecule has 1 atom stereocenters. The third-order valence-electron chi connectivity index (χ3n) is 6.79. The molecule has 37 heavy (non-hydrogen) atoms. The fourth-order valence-electron chi connectivity index (χ4n) is 4.83. The summed E-state index contributed by atoms with van der Waals surface area (Å²) in [5.74, 6) is -2.20. The average Bonchev–Trinajstić information content (AvgIpc) is 3.25. The normalized spacial score (nSPS) is 17.6. The van der Waals surface area contributed by atoms with Crippen LogP contribution in [0.1, 0.15) is 78.6 Å². The second-order valence-electron chi connectivity index (χ2n) is 10.9. The predicted molar refractivity (Wildman–Crippen MR) is 144 cm³/mol. The summed E-state index contributed by atoms with van der Waals surface area (Å²) >= 11 is 0. The Hall–Kier alpha value is -3.39. The van der Waals surface area contributed by atoms with Crippen molar-refractivity contribution in [2.24, 2.45) is 0 Å². The number of nitrogens with one attached hydrogen (secondary N) is 1. The van der Waals surface area contributed by atoms with Gasteiger partial charge in [-0.25, -0.2) is 4.79 Å². The lowest BCUT2D eigenvalue weighted by Crippen LogP contribution is -2.32. The van der Waals surface area contributed by atoms with Crippen molar-refractivity contribution in [2.75, 3.05) is 33.8 Å². The Morgan fingerprint density at radius 3 is 2.30 bits per heavy atom. The average molecular weight is 510 g/mol. The molecule has 0 saturated carbocycles. The molecule has 2 heterocycles. The lowest BCUT2D eigenvalue weighted by atomic mass is 9.85. The fraction of sp³-hybridized carbons (Fsp3) is 0.483. The van der Waals surface area contributed by atoms with Crippen molar-refractivity contribution in [3.8, 4) is 0 Å². The van der Waals surface area contributed by atoms with Crippen LogP contribution in [0, 0.1) is 13.8 Å². The zero-order chi connectivity index (χ0) is 27.7. The van der Waals surface area contributed by atoms with E-state index < -0.39 is 23.7 Å². The molecule has 8 nitrogen and oxygen atoms in total. The fourth-order valence-corrected chi connectivity index (χ4v) is 4.83. The van der Waals surface area contributed by atoms with Gasteiger partial charge in [0.2, 0.25) is 0 Å². The van der Waals surface area contributed by atoms with E-state index in [0.29, 0.717) is 29.8 Å². The first-order valence-electron chi connectivity index (χ1n) is 12.7. The number of esters is 1. The number of Topliss-reactive ketones (excluding diaryl/α,β-unsaturated/α-hetero) is 1. The number of carbonyl (C=O) groups is 3. The van der Waals surface area contributed by atoms with Gasteiger partial charge in [0, 0.05) is 17.8 Å². The number of benzene rings is 1. The number of rotatable bonds is 8. The number of aliphatic hydroxyl groups is 1. The molecule has 0 spiro atoms. The Labute approximate surface area is 219 Å². The van der Waals surface area contributed by atoms with Crippen LogP contribution < -0.4 is 0 Å². The Morgan fingerprint density at radius 1 is 1.14 bits per heavy atom. The number of ketones is 1. The van der Waals surface area contributed by atoms with Crippen LogP contribution in [0.25, 0.3) is 5.76 Å². The molecular formula is C29H39N3O5. The van der Waals surface area contributed by atoms with Crippen LogP contribution >= 0.6 is 0 Å². The molecule has 8 heteroatoms. The zero-order valence-electron chi connectivity index (χ0n) is 23.2. The minimum absolute atomic E-state index is 0.0268. The highest BCUT2D eigenvalue weighted by molar-refractivity contribution is 6.46. The molecule has 200 valence electrons. The van der Waals surface area contributed by atoms with Crippen LogP contribution in [0.4, 0.5) is 0 Å². The molecule has 3 rings (SSSR count). The van der Waals surface area contributed by atoms with Gasteiger partial charge >= 0.3 is 5.97 Å². The molecule has 1 saturated heterocycles. The van der Waals surface area contributed by atoms with E-state index in [2.05, 4.69) is 25.8 Å². The quantitative estimate of drug-likeness (QED) is 0.235. The summed E-state index contributed by atoms with van der Waals surface area (Å²) in [6, 6.07) is 7.10. The third kappa shape index (κ3) is 5.64. The maximum atomic E-state index is 13.4. The summed E-state index contributed by atoms with van der Waals surface area (Å²) in [6.45, 7) is 12.8. The second-order valence-corrected chi connectivity index (χ2v) is 10.9. The van der Waals surface area contributed by atoms with Gasteiger partial charge in [0.15, 0.2) is 0 Å². The summed E-state index contributed by atoms with van der Waals surface area (Å²) in [7, 11) is 3.91. The van der Waals surface area contributed by atoms with Crippen LogP contribution in [0.2, 0.25) is 0 Å². The molecule has 2 aromatic rings. The molecule has 0 radical (unpaired) electrons. The number of likely N-dealkylation sites (tertiary alicyclic amines) is 1. The van der Waals surface area contributed by atoms with E-state index in [4.69, 9.17) is 4.74 Å². The number of hydrogen-bond acceptors (Lipinski definition) is 6. The van der Waals surface area contributed by atoms with Crippen molar-refractivity contribution in [1.29, 1.82) is 0 Å². The van der Waals surface area contributed by atoms with E-state index in [0.717, 1.165) is 17.7 Å². The van der Waals surface area contributed by atoms with E-state index in [9.17, 15) is 19.5 Å². The Kier molecular flexibility index (Phi) is 8.32. The highest BCUT2D eigenvalue weighted by Crippen LogP contribution is 2.41. The molecule has 1 fully saturated rings. The summed E-state index contributed by atoms with van der Waals surface area (Å²) in [5, 5.41) is 11.5. The molecule has 0 unspecified atom stereocenters. The van der Waals surface area contributed by atoms with Crippen LogP contribution in [0.3, 0.4) is 0 Å². The first-order valence-corrected chi connectivity index (χ1v) is 12.7. The maximum Gasteiger partial charge on any atom is 0.355 e. The number of carbonyl (C=O) groups excluding carboxylic acids is 3. The van der Waals surface area contributed by atoms with Gasteiger partial charge in [0.25, 0.3) is 11.7 Å². The lowest BCUT2D eigenvalue weighted by Gasteiger charge is -2.27. The summed E-state index contributed by atoms with van der Waals surface area (Å²) in [6.07, 6.45) is 0.672. The lowest BCUT2D eigenvalue weighted by molar-refractivity contribution is -0.139. The standard InChI is InChI=1S/C29H39N3O5/c1-9-37-28(36)23-17(2)21(18(3)30-23)25(33)22-24(19-11-13-20(14-12-19)29(4,5)6)32(27(35)26(22)34)16-10-15-31(7)8/h11-14,24,30,33H,9-10,15-16H2,1-8H3/b25-22+/t24-/m1/s1. The Morgan fingerprint density at radius 2 is 1.76 bits per heavy atom. The number of aromatic nitrogens is 1. The van der Waals surface area contributed by atoms with Crippen molar-refractivity contribution >= 4 is 23.4 Å². The molecular weight excluding hydrogens is 470 g/mol. The Bertz CT molecular complexity index is 1220. The molecule has 1 aliphatic rings. The monoisotopic (exact) mass is 509 g/mol. The number of ether oxygens (including phenoxy) is 1. The Balaban J connectivity index is 2.17. The van der Waals surface area contributed by atoms with E-state index in [1.54, 1.807) is 25.7 Å². The number of amides is 1. The highest BCUT2D eigenvalue weighted by atomic mass is 16.5. The third-order valence-corrected chi connectivity index (χ3v) is 6.79. The van der Waals surface area contributed by atoms with Crippen LogP contribution in [0.5, 0.6) is 0 Å². The summed E-state index contributed by atoms with van der Waals surface area (Å²) < 4.78 is 5.13. The number of aliphatic hydroxyl groups excluding tert-OH is 1. The van der Waals surface area contributed by atoms with Gasteiger partial charge in [-0.05, 0) is 69.9 Å². The molecule has 1 aromatic heterocycles. The maximum absolute atomic E-state index is 13.4. The number of aryl methyl sites for hydroxylation is 1. The second kappa shape index (κ2) is 10.9. The van der Waals surface area contributed by atoms with Gasteiger partial charge in [-0.1, -0.05) is 45.0 Å². The van der Waals surface area contributed by atoms with Crippen molar-refractivity contribution in [3.63, 3.8) is 0 Å². The number of aromatic amines is 1. The van der Waals surface area contributed by atoms with Gasteiger partial charge in [0.1, 0.15) is 11.5 Å². The molecule has 0 bridgehead atoms. The molecule has 1 aromatic carbocycles. The first-order chi connectivity index (χ1) is 17.3. The predicted octanol–water partition coefficient (Wildman–Crippen LogP) is 4.48. The molecule has 0 aliphatic carbocycles. The van der Waals surface area contributed by atoms with Gasteiger partial charge in [-0.3, -0.25) is 9.59 Å². The van der Waals surface area contributed by atoms with Crippen LogP contribution in [-0.2, 0) is 19.7 Å². The van der Waals surface area contributed by atoms with Gasteiger partial charge in [0.05, 0.1) is 18.2 Å². The SMILES string of the molecule is CCOC(=O)c1[nH]c(C)c(/C(O)=C2\C(=O)C(=O)N(CCCN(C)C)[C@@H]2c2ccc(C(C)(C)C)cc2)c1C. The van der Waals surface area contributed by atoms with E-state index in [1.165, 1.54) is 0 Å². The van der Waals surface area contributed by atoms with Crippen molar-refractivity contribution in [3.05, 3.63) is 63.5 Å². The highest BCUT2D eigenvalue weighted by Gasteiger charge is 2.46. The number of hydrogen-bond donors (Lipinski definition) is 2. The van der Waals surface area contributed by atoms with Gasteiger partial charge in [-0.2, -0.15) is 0 Å². The largest absolute Gasteiger partial charge is 0.507 e. The van der Waals surface area contributed by atoms with E-state index >= 15 is 0 Å². The number of H-pyrrole nitrogens is 1. The minimum atomic E-state index is -0.740. The van der Waals surface area contributed by atoms with Crippen LogP contribution in [0.15, 0.2) is 29.8 Å². The van der Waals surface area contributed by atoms with Crippen molar-refractivity contribution < 1.29 is 24.2 Å². The smallest absolute Gasteiger partial charge is 0.355 e. The van der Waals surface area contributed by atoms with Crippen molar-refractivity contribution in [2.45, 2.75) is 59.4 Å². The van der Waals surface area contributed by atoms with Gasteiger partial charge in [-0.15, -0.1) is 0 Å².